The van der Waals surface area contributed by atoms with Gasteiger partial charge in [0.15, 0.2) is 5.82 Å². The first-order valence-electron chi connectivity index (χ1n) is 9.51. The highest BCUT2D eigenvalue weighted by Gasteiger charge is 2.31. The van der Waals surface area contributed by atoms with Crippen molar-refractivity contribution in [2.24, 2.45) is 0 Å². The van der Waals surface area contributed by atoms with Crippen LogP contribution in [-0.2, 0) is 12.7 Å². The Morgan fingerprint density at radius 3 is 2.74 bits per heavy atom. The molecule has 3 rings (SSSR count). The number of nitrogens with one attached hydrogen (secondary N) is 1. The van der Waals surface area contributed by atoms with E-state index < -0.39 is 17.5 Å². The average Bonchev–Trinajstić information content (AvgIpc) is 3.36. The fourth-order valence-electron chi connectivity index (χ4n) is 3.27. The molecule has 0 amide bonds. The van der Waals surface area contributed by atoms with E-state index in [4.69, 9.17) is 0 Å². The maximum absolute atomic E-state index is 13.2. The number of hydrogen-bond donors (Lipinski definition) is 1. The summed E-state index contributed by atoms with van der Waals surface area (Å²) in [4.78, 5) is 15.5. The Kier molecular flexibility index (Phi) is 6.47. The van der Waals surface area contributed by atoms with Crippen molar-refractivity contribution in [1.29, 1.82) is 0 Å². The minimum absolute atomic E-state index is 0.199. The van der Waals surface area contributed by atoms with Gasteiger partial charge in [-0.15, -0.1) is 0 Å². The Balaban J connectivity index is 1.85. The summed E-state index contributed by atoms with van der Waals surface area (Å²) in [6, 6.07) is 5.06. The van der Waals surface area contributed by atoms with E-state index in [9.17, 15) is 18.0 Å². The Bertz CT molecular complexity index is 1140. The van der Waals surface area contributed by atoms with Gasteiger partial charge in [0.05, 0.1) is 29.9 Å². The number of H-pyrrole nitrogens is 1. The van der Waals surface area contributed by atoms with Gasteiger partial charge in [-0.2, -0.15) is 18.3 Å². The summed E-state index contributed by atoms with van der Waals surface area (Å²) < 4.78 is 45.7. The molecule has 7 nitrogen and oxygen atoms in total. The van der Waals surface area contributed by atoms with Crippen LogP contribution in [0, 0.1) is 0 Å². The van der Waals surface area contributed by atoms with Crippen LogP contribution in [0.25, 0.3) is 17.1 Å². The van der Waals surface area contributed by atoms with E-state index in [-0.39, 0.29) is 11.9 Å². The van der Waals surface area contributed by atoms with E-state index in [2.05, 4.69) is 19.8 Å². The molecule has 31 heavy (non-hydrogen) atoms. The zero-order valence-corrected chi connectivity index (χ0v) is 17.2. The predicted molar refractivity (Wildman–Crippen MR) is 110 cm³/mol. The van der Waals surface area contributed by atoms with Crippen molar-refractivity contribution in [3.05, 3.63) is 76.6 Å². The number of halogens is 3. The van der Waals surface area contributed by atoms with Crippen LogP contribution < -0.4 is 5.76 Å². The third kappa shape index (κ3) is 5.14. The van der Waals surface area contributed by atoms with Gasteiger partial charge in [-0.05, 0) is 31.5 Å². The van der Waals surface area contributed by atoms with Crippen LogP contribution >= 0.6 is 0 Å². The van der Waals surface area contributed by atoms with Crippen LogP contribution in [0.4, 0.5) is 13.2 Å². The molecule has 0 radical (unpaired) electrons. The van der Waals surface area contributed by atoms with Crippen molar-refractivity contribution >= 4 is 5.70 Å². The van der Waals surface area contributed by atoms with Crippen molar-refractivity contribution < 1.29 is 17.7 Å². The third-order valence-electron chi connectivity index (χ3n) is 4.77. The minimum Gasteiger partial charge on any atom is -0.366 e. The molecule has 1 N–H and O–H groups in total. The number of benzene rings is 1. The van der Waals surface area contributed by atoms with Crippen molar-refractivity contribution in [2.45, 2.75) is 32.6 Å². The maximum Gasteiger partial charge on any atom is 0.439 e. The fourth-order valence-corrected chi connectivity index (χ4v) is 3.27. The number of alkyl halides is 3. The number of allylic oxidation sites excluding steroid dienone is 2. The number of hydrogen-bond acceptors (Lipinski definition) is 5. The third-order valence-corrected chi connectivity index (χ3v) is 4.77. The van der Waals surface area contributed by atoms with Crippen molar-refractivity contribution in [1.82, 2.24) is 24.8 Å². The number of nitrogens with zero attached hydrogens (tertiary/aromatic N) is 4. The molecule has 2 heterocycles. The summed E-state index contributed by atoms with van der Waals surface area (Å²) in [5.74, 6) is -0.390. The van der Waals surface area contributed by atoms with E-state index >= 15 is 0 Å². The molecule has 0 aliphatic rings. The van der Waals surface area contributed by atoms with Gasteiger partial charge < -0.3 is 4.90 Å². The van der Waals surface area contributed by atoms with Crippen LogP contribution in [0.5, 0.6) is 0 Å². The lowest BCUT2D eigenvalue weighted by Gasteiger charge is -2.30. The average molecular weight is 433 g/mol. The summed E-state index contributed by atoms with van der Waals surface area (Å²) >= 11 is 0. The van der Waals surface area contributed by atoms with E-state index in [0.29, 0.717) is 23.4 Å². The zero-order chi connectivity index (χ0) is 22.6. The van der Waals surface area contributed by atoms with Crippen LogP contribution in [0.1, 0.15) is 25.0 Å². The second-order valence-electron chi connectivity index (χ2n) is 6.85. The molecule has 3 aromatic rings. The van der Waals surface area contributed by atoms with Gasteiger partial charge in [0, 0.05) is 18.9 Å². The number of likely N-dealkylation sites (N-methyl/N-ethyl adjacent to an activating group) is 1. The largest absolute Gasteiger partial charge is 0.439 e. The smallest absolute Gasteiger partial charge is 0.366 e. The molecule has 1 unspecified atom stereocenters. The molecule has 0 aliphatic heterocycles. The first-order chi connectivity index (χ1) is 14.7. The lowest BCUT2D eigenvalue weighted by molar-refractivity contribution is -0.137. The first-order valence-corrected chi connectivity index (χ1v) is 9.51. The molecule has 0 fully saturated rings. The van der Waals surface area contributed by atoms with Gasteiger partial charge >= 0.3 is 11.9 Å². The van der Waals surface area contributed by atoms with Gasteiger partial charge in [-0.1, -0.05) is 35.5 Å². The Morgan fingerprint density at radius 1 is 1.35 bits per heavy atom. The summed E-state index contributed by atoms with van der Waals surface area (Å²) in [5.41, 5.74) is 1.01. The SMILES string of the molecule is C/C=C(/c1cccc(C(F)(F)F)c1)N(C)C(/C=C/C)Cn1cc(-c2noc(=O)[nH]2)cn1. The molecular formula is C21H22F3N5O2. The number of aromatic amines is 1. The van der Waals surface area contributed by atoms with Crippen LogP contribution in [0.3, 0.4) is 0 Å². The van der Waals surface area contributed by atoms with Gasteiger partial charge in [0.25, 0.3) is 0 Å². The van der Waals surface area contributed by atoms with Crippen LogP contribution in [0.2, 0.25) is 0 Å². The minimum atomic E-state index is -4.41. The topological polar surface area (TPSA) is 80.0 Å². The highest BCUT2D eigenvalue weighted by atomic mass is 19.4. The molecular weight excluding hydrogens is 411 g/mol. The highest BCUT2D eigenvalue weighted by Crippen LogP contribution is 2.32. The van der Waals surface area contributed by atoms with Crippen LogP contribution in [0.15, 0.2) is 64.2 Å². The van der Waals surface area contributed by atoms with E-state index in [1.54, 1.807) is 36.1 Å². The molecule has 10 heteroatoms. The molecule has 0 saturated heterocycles. The normalized spacial score (nSPS) is 13.7. The summed E-state index contributed by atoms with van der Waals surface area (Å²) in [6.45, 7) is 4.07. The highest BCUT2D eigenvalue weighted by molar-refractivity contribution is 5.65. The molecule has 0 spiro atoms. The zero-order valence-electron chi connectivity index (χ0n) is 17.2. The molecule has 1 atom stereocenters. The monoisotopic (exact) mass is 433 g/mol. The maximum atomic E-state index is 13.2. The summed E-state index contributed by atoms with van der Waals surface area (Å²) in [5, 5.41) is 7.93. The quantitative estimate of drug-likeness (QED) is 0.566. The van der Waals surface area contributed by atoms with Crippen molar-refractivity contribution in [3.8, 4) is 11.4 Å². The number of aromatic nitrogens is 4. The van der Waals surface area contributed by atoms with Crippen LogP contribution in [-0.4, -0.2) is 37.9 Å². The predicted octanol–water partition coefficient (Wildman–Crippen LogP) is 4.18. The second-order valence-corrected chi connectivity index (χ2v) is 6.85. The number of rotatable bonds is 7. The standard InChI is InChI=1S/C21H22F3N5O2/c1-4-7-17(13-29-12-15(11-25-29)19-26-20(30)31-27-19)28(3)18(5-2)14-8-6-9-16(10-14)21(22,23)24/h4-12,17H,13H2,1-3H3,(H,26,27,30)/b7-4+,18-5-. The Labute approximate surface area is 176 Å². The molecule has 2 aromatic heterocycles. The van der Waals surface area contributed by atoms with Gasteiger partial charge in [0.2, 0.25) is 0 Å². The van der Waals surface area contributed by atoms with E-state index in [1.165, 1.54) is 6.07 Å². The Hall–Kier alpha value is -3.56. The fraction of sp³-hybridized carbons (Fsp3) is 0.286. The van der Waals surface area contributed by atoms with Crippen molar-refractivity contribution in [3.63, 3.8) is 0 Å². The summed E-state index contributed by atoms with van der Waals surface area (Å²) in [6.07, 6.45) is 4.43. The lowest BCUT2D eigenvalue weighted by Crippen LogP contribution is -2.33. The molecule has 1 aromatic carbocycles. The molecule has 0 aliphatic carbocycles. The molecule has 0 saturated carbocycles. The molecule has 0 bridgehead atoms. The van der Waals surface area contributed by atoms with Gasteiger partial charge in [0.1, 0.15) is 0 Å². The van der Waals surface area contributed by atoms with E-state index in [0.717, 1.165) is 12.1 Å². The van der Waals surface area contributed by atoms with Gasteiger partial charge in [-0.25, -0.2) is 4.79 Å². The summed E-state index contributed by atoms with van der Waals surface area (Å²) in [7, 11) is 1.82. The van der Waals surface area contributed by atoms with Gasteiger partial charge in [-0.3, -0.25) is 14.2 Å². The Morgan fingerprint density at radius 2 is 2.13 bits per heavy atom. The lowest BCUT2D eigenvalue weighted by atomic mass is 10.0. The van der Waals surface area contributed by atoms with Crippen molar-refractivity contribution in [2.75, 3.05) is 7.05 Å². The second kappa shape index (κ2) is 9.07. The van der Waals surface area contributed by atoms with E-state index in [1.807, 2.05) is 31.0 Å². The first kappa shape index (κ1) is 22.1. The molecule has 164 valence electrons.